The monoisotopic (exact) mass is 442 g/mol. The summed E-state index contributed by atoms with van der Waals surface area (Å²) in [5, 5.41) is 0. The molecule has 3 heterocycles. The number of carbonyl (C=O) groups excluding carboxylic acids is 1. The number of hydrogen-bond donors (Lipinski definition) is 1. The molecule has 0 aliphatic carbocycles. The molecule has 0 spiro atoms. The molecule has 0 bridgehead atoms. The normalized spacial score (nSPS) is 11.7. The Morgan fingerprint density at radius 3 is 2.42 bits per heavy atom. The molecule has 0 saturated carbocycles. The molecule has 6 nitrogen and oxygen atoms in total. The fraction of sp³-hybridized carbons (Fsp3) is 0.296. The van der Waals surface area contributed by atoms with Gasteiger partial charge in [-0.2, -0.15) is 0 Å². The summed E-state index contributed by atoms with van der Waals surface area (Å²) in [5.41, 5.74) is 5.96. The van der Waals surface area contributed by atoms with Gasteiger partial charge in [-0.3, -0.25) is 9.55 Å². The van der Waals surface area contributed by atoms with Gasteiger partial charge in [0.05, 0.1) is 17.1 Å². The van der Waals surface area contributed by atoms with E-state index in [1.807, 2.05) is 70.2 Å². The van der Waals surface area contributed by atoms with E-state index in [2.05, 4.69) is 24.9 Å². The van der Waals surface area contributed by atoms with Crippen molar-refractivity contribution in [2.75, 3.05) is 0 Å². The van der Waals surface area contributed by atoms with Crippen LogP contribution in [-0.4, -0.2) is 31.2 Å². The number of rotatable bonds is 4. The molecule has 0 saturated heterocycles. The first kappa shape index (κ1) is 22.5. The van der Waals surface area contributed by atoms with Gasteiger partial charge in [-0.25, -0.2) is 9.78 Å². The highest BCUT2D eigenvalue weighted by Crippen LogP contribution is 2.33. The number of carbonyl (C=O) groups is 1. The second-order valence-electron chi connectivity index (χ2n) is 9.53. The average Bonchev–Trinajstić information content (AvgIpc) is 3.41. The number of aryl methyl sites for hydroxylation is 1. The first-order valence-corrected chi connectivity index (χ1v) is 11.2. The van der Waals surface area contributed by atoms with Crippen LogP contribution in [0.4, 0.5) is 4.79 Å². The molecule has 4 rings (SSSR count). The molecule has 1 aromatic carbocycles. The number of hydrogen-bond acceptors (Lipinski definition) is 4. The summed E-state index contributed by atoms with van der Waals surface area (Å²) in [5.74, 6) is 1.18. The molecule has 6 heteroatoms. The zero-order valence-corrected chi connectivity index (χ0v) is 20.0. The Kier molecular flexibility index (Phi) is 5.93. The van der Waals surface area contributed by atoms with E-state index in [1.54, 1.807) is 12.4 Å². The summed E-state index contributed by atoms with van der Waals surface area (Å²) in [6.07, 6.45) is 3.12. The smallest absolute Gasteiger partial charge is 0.418 e. The van der Waals surface area contributed by atoms with Gasteiger partial charge in [-0.15, -0.1) is 0 Å². The van der Waals surface area contributed by atoms with Crippen molar-refractivity contribution in [2.45, 2.75) is 53.1 Å². The highest BCUT2D eigenvalue weighted by molar-refractivity contribution is 5.81. The van der Waals surface area contributed by atoms with Crippen molar-refractivity contribution in [3.63, 3.8) is 0 Å². The standard InChI is InChI=1S/C27H30N4O2/c1-17(2)25-29-23(24(30-25)22-12-7-9-18(3)28-22)20-11-8-10-19(15-20)21-13-14-31(16-21)26(32)33-27(4,5)6/h7-17H,1-6H3,(H,29,30). The summed E-state index contributed by atoms with van der Waals surface area (Å²) in [7, 11) is 0. The third-order valence-electron chi connectivity index (χ3n) is 5.18. The Bertz CT molecular complexity index is 1290. The predicted octanol–water partition coefficient (Wildman–Crippen LogP) is 6.82. The van der Waals surface area contributed by atoms with Crippen LogP contribution in [0, 0.1) is 6.92 Å². The molecular formula is C27H30N4O2. The fourth-order valence-electron chi connectivity index (χ4n) is 3.58. The van der Waals surface area contributed by atoms with Crippen molar-refractivity contribution in [1.29, 1.82) is 0 Å². The predicted molar refractivity (Wildman–Crippen MR) is 131 cm³/mol. The van der Waals surface area contributed by atoms with Crippen LogP contribution < -0.4 is 0 Å². The van der Waals surface area contributed by atoms with Crippen LogP contribution in [0.3, 0.4) is 0 Å². The minimum Gasteiger partial charge on any atom is -0.443 e. The maximum absolute atomic E-state index is 12.4. The lowest BCUT2D eigenvalue weighted by Gasteiger charge is -2.19. The summed E-state index contributed by atoms with van der Waals surface area (Å²) in [6.45, 7) is 11.8. The SMILES string of the molecule is Cc1cccc(-c2[nH]c(C(C)C)nc2-c2cccc(-c3ccn(C(=O)OC(C)(C)C)c3)c2)n1. The van der Waals surface area contributed by atoms with Crippen molar-refractivity contribution in [1.82, 2.24) is 19.5 Å². The fourth-order valence-corrected chi connectivity index (χ4v) is 3.58. The molecule has 0 radical (unpaired) electrons. The number of aromatic amines is 1. The van der Waals surface area contributed by atoms with Crippen molar-refractivity contribution < 1.29 is 9.53 Å². The third kappa shape index (κ3) is 5.06. The first-order chi connectivity index (χ1) is 15.6. The van der Waals surface area contributed by atoms with Crippen LogP contribution in [0.15, 0.2) is 60.9 Å². The van der Waals surface area contributed by atoms with Crippen molar-refractivity contribution in [2.24, 2.45) is 0 Å². The Labute approximate surface area is 194 Å². The topological polar surface area (TPSA) is 72.8 Å². The number of nitrogens with zero attached hydrogens (tertiary/aromatic N) is 3. The van der Waals surface area contributed by atoms with Gasteiger partial charge in [0.1, 0.15) is 11.4 Å². The van der Waals surface area contributed by atoms with Crippen LogP contribution in [0.1, 0.15) is 52.1 Å². The van der Waals surface area contributed by atoms with Gasteiger partial charge in [0.15, 0.2) is 0 Å². The van der Waals surface area contributed by atoms with Crippen molar-refractivity contribution in [3.05, 3.63) is 72.4 Å². The van der Waals surface area contributed by atoms with Crippen LogP contribution >= 0.6 is 0 Å². The van der Waals surface area contributed by atoms with E-state index < -0.39 is 11.7 Å². The third-order valence-corrected chi connectivity index (χ3v) is 5.18. The van der Waals surface area contributed by atoms with Gasteiger partial charge in [-0.05, 0) is 63.1 Å². The van der Waals surface area contributed by atoms with E-state index in [0.717, 1.165) is 45.3 Å². The number of nitrogens with one attached hydrogen (secondary N) is 1. The molecule has 0 atom stereocenters. The number of imidazole rings is 1. The maximum Gasteiger partial charge on any atom is 0.418 e. The molecule has 4 aromatic rings. The summed E-state index contributed by atoms with van der Waals surface area (Å²) >= 11 is 0. The zero-order valence-electron chi connectivity index (χ0n) is 20.0. The van der Waals surface area contributed by atoms with Gasteiger partial charge >= 0.3 is 6.09 Å². The number of ether oxygens (including phenoxy) is 1. The van der Waals surface area contributed by atoms with Crippen LogP contribution in [0.25, 0.3) is 33.8 Å². The molecule has 0 unspecified atom stereocenters. The van der Waals surface area contributed by atoms with Gasteiger partial charge in [-0.1, -0.05) is 38.1 Å². The molecular weight excluding hydrogens is 412 g/mol. The quantitative estimate of drug-likeness (QED) is 0.376. The molecule has 1 N–H and O–H groups in total. The van der Waals surface area contributed by atoms with Crippen molar-refractivity contribution >= 4 is 6.09 Å². The van der Waals surface area contributed by atoms with Gasteiger partial charge < -0.3 is 9.72 Å². The number of pyridine rings is 1. The molecule has 0 amide bonds. The van der Waals surface area contributed by atoms with Crippen LogP contribution in [-0.2, 0) is 4.74 Å². The Morgan fingerprint density at radius 1 is 1.00 bits per heavy atom. The van der Waals surface area contributed by atoms with E-state index in [4.69, 9.17) is 14.7 Å². The second kappa shape index (κ2) is 8.70. The minimum atomic E-state index is -0.546. The van der Waals surface area contributed by atoms with Gasteiger partial charge in [0.25, 0.3) is 0 Å². The zero-order chi connectivity index (χ0) is 23.8. The summed E-state index contributed by atoms with van der Waals surface area (Å²) in [4.78, 5) is 25.5. The number of benzene rings is 1. The Balaban J connectivity index is 1.73. The number of aromatic nitrogens is 4. The first-order valence-electron chi connectivity index (χ1n) is 11.2. The lowest BCUT2D eigenvalue weighted by atomic mass is 10.0. The lowest BCUT2D eigenvalue weighted by Crippen LogP contribution is -2.26. The molecule has 3 aromatic heterocycles. The van der Waals surface area contributed by atoms with E-state index in [1.165, 1.54) is 4.57 Å². The highest BCUT2D eigenvalue weighted by Gasteiger charge is 2.19. The maximum atomic E-state index is 12.4. The molecule has 0 fully saturated rings. The Morgan fingerprint density at radius 2 is 1.73 bits per heavy atom. The van der Waals surface area contributed by atoms with Crippen LogP contribution in [0.2, 0.25) is 0 Å². The van der Waals surface area contributed by atoms with E-state index in [9.17, 15) is 4.79 Å². The molecule has 33 heavy (non-hydrogen) atoms. The van der Waals surface area contributed by atoms with E-state index in [-0.39, 0.29) is 5.92 Å². The second-order valence-corrected chi connectivity index (χ2v) is 9.53. The Hall–Kier alpha value is -3.67. The average molecular weight is 443 g/mol. The van der Waals surface area contributed by atoms with Crippen LogP contribution in [0.5, 0.6) is 0 Å². The lowest BCUT2D eigenvalue weighted by molar-refractivity contribution is 0.0537. The van der Waals surface area contributed by atoms with E-state index >= 15 is 0 Å². The van der Waals surface area contributed by atoms with Gasteiger partial charge in [0.2, 0.25) is 0 Å². The highest BCUT2D eigenvalue weighted by atomic mass is 16.6. The number of H-pyrrole nitrogens is 1. The largest absolute Gasteiger partial charge is 0.443 e. The van der Waals surface area contributed by atoms with Gasteiger partial charge in [0, 0.05) is 29.6 Å². The summed E-state index contributed by atoms with van der Waals surface area (Å²) < 4.78 is 6.94. The summed E-state index contributed by atoms with van der Waals surface area (Å²) in [6, 6.07) is 16.1. The minimum absolute atomic E-state index is 0.258. The molecule has 170 valence electrons. The van der Waals surface area contributed by atoms with E-state index in [0.29, 0.717) is 0 Å². The van der Waals surface area contributed by atoms with Crippen molar-refractivity contribution in [3.8, 4) is 33.8 Å². The molecule has 0 aliphatic rings. The molecule has 0 aliphatic heterocycles.